The third-order valence-corrected chi connectivity index (χ3v) is 5.77. The van der Waals surface area contributed by atoms with Crippen LogP contribution in [0.3, 0.4) is 0 Å². The molecule has 128 valence electrons. The van der Waals surface area contributed by atoms with Gasteiger partial charge < -0.3 is 4.74 Å². The third-order valence-electron chi connectivity index (χ3n) is 4.61. The molecule has 3 rings (SSSR count). The van der Waals surface area contributed by atoms with Crippen molar-refractivity contribution in [2.24, 2.45) is 0 Å². The fourth-order valence-electron chi connectivity index (χ4n) is 3.22. The molecule has 1 heterocycles. The molecule has 2 heteroatoms. The highest BCUT2D eigenvalue weighted by Gasteiger charge is 2.05. The van der Waals surface area contributed by atoms with Gasteiger partial charge in [0.05, 0.1) is 6.61 Å². The fourth-order valence-corrected chi connectivity index (χ4v) is 4.31. The van der Waals surface area contributed by atoms with E-state index in [1.807, 2.05) is 11.3 Å². The van der Waals surface area contributed by atoms with Crippen LogP contribution >= 0.6 is 11.3 Å². The molecule has 0 aliphatic heterocycles. The van der Waals surface area contributed by atoms with E-state index in [4.69, 9.17) is 4.74 Å². The smallest absolute Gasteiger partial charge is 0.120 e. The van der Waals surface area contributed by atoms with E-state index in [-0.39, 0.29) is 0 Å². The van der Waals surface area contributed by atoms with Gasteiger partial charge in [0.1, 0.15) is 5.75 Å². The van der Waals surface area contributed by atoms with Gasteiger partial charge in [-0.3, -0.25) is 0 Å². The lowest BCUT2D eigenvalue weighted by Gasteiger charge is -2.06. The highest BCUT2D eigenvalue weighted by atomic mass is 32.1. The van der Waals surface area contributed by atoms with Crippen LogP contribution in [-0.2, 0) is 0 Å². The Hall–Kier alpha value is -1.54. The van der Waals surface area contributed by atoms with Crippen molar-refractivity contribution in [3.05, 3.63) is 42.5 Å². The molecule has 0 amide bonds. The molecule has 0 radical (unpaired) electrons. The predicted octanol–water partition coefficient (Wildman–Crippen LogP) is 7.57. The van der Waals surface area contributed by atoms with Crippen molar-refractivity contribution in [3.8, 4) is 5.75 Å². The van der Waals surface area contributed by atoms with Gasteiger partial charge >= 0.3 is 0 Å². The van der Waals surface area contributed by atoms with Gasteiger partial charge in [0, 0.05) is 20.2 Å². The van der Waals surface area contributed by atoms with Crippen LogP contribution in [-0.4, -0.2) is 6.61 Å². The summed E-state index contributed by atoms with van der Waals surface area (Å²) in [5.41, 5.74) is 0. The Kier molecular flexibility index (Phi) is 6.54. The minimum atomic E-state index is 0.836. The normalized spacial score (nSPS) is 11.4. The van der Waals surface area contributed by atoms with Gasteiger partial charge in [-0.1, -0.05) is 70.1 Å². The number of ether oxygens (including phenoxy) is 1. The third kappa shape index (κ3) is 4.51. The van der Waals surface area contributed by atoms with Crippen LogP contribution < -0.4 is 4.74 Å². The zero-order chi connectivity index (χ0) is 16.6. The molecular formula is C22H28OS. The summed E-state index contributed by atoms with van der Waals surface area (Å²) in [6, 6.07) is 15.1. The maximum atomic E-state index is 5.98. The molecule has 0 aliphatic rings. The summed E-state index contributed by atoms with van der Waals surface area (Å²) in [6.07, 6.45) is 10.7. The largest absolute Gasteiger partial charge is 0.494 e. The minimum absolute atomic E-state index is 0.836. The Balaban J connectivity index is 1.45. The van der Waals surface area contributed by atoms with Crippen molar-refractivity contribution in [1.82, 2.24) is 0 Å². The molecule has 0 bridgehead atoms. The van der Waals surface area contributed by atoms with Gasteiger partial charge in [-0.25, -0.2) is 0 Å². The van der Waals surface area contributed by atoms with Gasteiger partial charge in [0.25, 0.3) is 0 Å². The van der Waals surface area contributed by atoms with E-state index in [1.54, 1.807) is 0 Å². The van der Waals surface area contributed by atoms with Crippen molar-refractivity contribution in [2.75, 3.05) is 6.61 Å². The van der Waals surface area contributed by atoms with Gasteiger partial charge in [0.15, 0.2) is 0 Å². The number of unbranched alkanes of at least 4 members (excludes halogenated alkanes) is 7. The van der Waals surface area contributed by atoms with Crippen LogP contribution in [0, 0.1) is 0 Å². The number of fused-ring (bicyclic) bond motifs is 3. The van der Waals surface area contributed by atoms with E-state index in [0.29, 0.717) is 0 Å². The number of benzene rings is 2. The molecule has 0 atom stereocenters. The molecule has 0 aliphatic carbocycles. The highest BCUT2D eigenvalue weighted by Crippen LogP contribution is 2.35. The van der Waals surface area contributed by atoms with Crippen molar-refractivity contribution in [2.45, 2.75) is 58.3 Å². The molecule has 1 nitrogen and oxygen atoms in total. The number of hydrogen-bond acceptors (Lipinski definition) is 2. The highest BCUT2D eigenvalue weighted by molar-refractivity contribution is 7.25. The number of thiophene rings is 1. The summed E-state index contributed by atoms with van der Waals surface area (Å²) >= 11 is 1.86. The maximum absolute atomic E-state index is 5.98. The minimum Gasteiger partial charge on any atom is -0.494 e. The summed E-state index contributed by atoms with van der Waals surface area (Å²) in [5, 5.41) is 2.67. The molecule has 3 aromatic rings. The Morgan fingerprint density at radius 1 is 0.750 bits per heavy atom. The van der Waals surface area contributed by atoms with E-state index in [1.165, 1.54) is 65.1 Å². The lowest BCUT2D eigenvalue weighted by molar-refractivity contribution is 0.304. The van der Waals surface area contributed by atoms with Gasteiger partial charge in [-0.2, -0.15) is 0 Å². The van der Waals surface area contributed by atoms with E-state index in [0.717, 1.165) is 18.8 Å². The van der Waals surface area contributed by atoms with Crippen molar-refractivity contribution in [3.63, 3.8) is 0 Å². The fraction of sp³-hybridized carbons (Fsp3) is 0.455. The zero-order valence-electron chi connectivity index (χ0n) is 14.7. The molecule has 1 aromatic heterocycles. The van der Waals surface area contributed by atoms with Gasteiger partial charge in [-0.15, -0.1) is 11.3 Å². The van der Waals surface area contributed by atoms with E-state index >= 15 is 0 Å². The van der Waals surface area contributed by atoms with Crippen molar-refractivity contribution >= 4 is 31.5 Å². The van der Waals surface area contributed by atoms with E-state index < -0.39 is 0 Å². The second kappa shape index (κ2) is 9.08. The molecule has 0 N–H and O–H groups in total. The standard InChI is InChI=1S/C22H28OS/c1-2-3-4-5-6-7-8-11-16-23-18-14-15-22-20(17-18)19-12-9-10-13-21(19)24-22/h9-10,12-15,17H,2-8,11,16H2,1H3. The molecular weight excluding hydrogens is 312 g/mol. The summed E-state index contributed by atoms with van der Waals surface area (Å²) in [7, 11) is 0. The van der Waals surface area contributed by atoms with Crippen LogP contribution in [0.25, 0.3) is 20.2 Å². The first-order chi connectivity index (χ1) is 11.9. The average molecular weight is 341 g/mol. The molecule has 0 unspecified atom stereocenters. The molecule has 0 spiro atoms. The summed E-state index contributed by atoms with van der Waals surface area (Å²) in [5.74, 6) is 1.01. The quantitative estimate of drug-likeness (QED) is 0.346. The SMILES string of the molecule is CCCCCCCCCCOc1ccc2sc3ccccc3c2c1. The van der Waals surface area contributed by atoms with E-state index in [9.17, 15) is 0 Å². The second-order valence-corrected chi connectivity index (χ2v) is 7.66. The Morgan fingerprint density at radius 2 is 1.46 bits per heavy atom. The first-order valence-corrected chi connectivity index (χ1v) is 10.2. The van der Waals surface area contributed by atoms with Gasteiger partial charge in [-0.05, 0) is 30.7 Å². The number of hydrogen-bond donors (Lipinski definition) is 0. The Bertz CT molecular complexity index is 759. The Morgan fingerprint density at radius 3 is 2.29 bits per heavy atom. The first-order valence-electron chi connectivity index (χ1n) is 9.42. The first kappa shape index (κ1) is 17.3. The molecule has 24 heavy (non-hydrogen) atoms. The summed E-state index contributed by atoms with van der Waals surface area (Å²) in [6.45, 7) is 3.11. The lowest BCUT2D eigenvalue weighted by Crippen LogP contribution is -1.97. The Labute approximate surface area is 149 Å². The van der Waals surface area contributed by atoms with Crippen LogP contribution in [0.4, 0.5) is 0 Å². The zero-order valence-corrected chi connectivity index (χ0v) is 15.5. The van der Waals surface area contributed by atoms with Crippen molar-refractivity contribution < 1.29 is 4.74 Å². The van der Waals surface area contributed by atoms with Crippen LogP contribution in [0.1, 0.15) is 58.3 Å². The molecule has 0 saturated carbocycles. The maximum Gasteiger partial charge on any atom is 0.120 e. The van der Waals surface area contributed by atoms with E-state index in [2.05, 4.69) is 49.4 Å². The average Bonchev–Trinajstić information content (AvgIpc) is 2.98. The van der Waals surface area contributed by atoms with Crippen LogP contribution in [0.15, 0.2) is 42.5 Å². The van der Waals surface area contributed by atoms with Crippen molar-refractivity contribution in [1.29, 1.82) is 0 Å². The second-order valence-electron chi connectivity index (χ2n) is 6.58. The van der Waals surface area contributed by atoms with Crippen LogP contribution in [0.2, 0.25) is 0 Å². The number of rotatable bonds is 10. The predicted molar refractivity (Wildman–Crippen MR) is 107 cm³/mol. The monoisotopic (exact) mass is 340 g/mol. The molecule has 0 saturated heterocycles. The molecule has 2 aromatic carbocycles. The topological polar surface area (TPSA) is 9.23 Å². The summed E-state index contributed by atoms with van der Waals surface area (Å²) in [4.78, 5) is 0. The van der Waals surface area contributed by atoms with Crippen LogP contribution in [0.5, 0.6) is 5.75 Å². The lowest BCUT2D eigenvalue weighted by atomic mass is 10.1. The molecule has 0 fully saturated rings. The summed E-state index contributed by atoms with van der Waals surface area (Å²) < 4.78 is 8.68. The van der Waals surface area contributed by atoms with Gasteiger partial charge in [0.2, 0.25) is 0 Å².